The molecule has 0 radical (unpaired) electrons. The normalized spacial score (nSPS) is 15.2. The number of aromatic amines is 1. The third-order valence-electron chi connectivity index (χ3n) is 3.89. The number of ketones is 1. The molecule has 23 heavy (non-hydrogen) atoms. The van der Waals surface area contributed by atoms with Gasteiger partial charge in [-0.25, -0.2) is 0 Å². The number of hydrogen-bond acceptors (Lipinski definition) is 4. The molecule has 4 rings (SSSR count). The number of phenolic OH excluding ortho intramolecular Hbond substituents is 2. The molecule has 0 aliphatic carbocycles. The van der Waals surface area contributed by atoms with Gasteiger partial charge >= 0.3 is 0 Å². The summed E-state index contributed by atoms with van der Waals surface area (Å²) in [5.74, 6) is -0.571. The fraction of sp³-hybridized carbons (Fsp3) is 0.0556. The van der Waals surface area contributed by atoms with Gasteiger partial charge in [-0.15, -0.1) is 0 Å². The molecule has 1 aliphatic heterocycles. The minimum Gasteiger partial charge on any atom is -0.508 e. The van der Waals surface area contributed by atoms with Crippen molar-refractivity contribution in [2.75, 3.05) is 0 Å². The van der Waals surface area contributed by atoms with Crippen molar-refractivity contribution in [2.45, 2.75) is 6.92 Å². The summed E-state index contributed by atoms with van der Waals surface area (Å²) in [4.78, 5) is 15.6. The minimum atomic E-state index is -0.403. The van der Waals surface area contributed by atoms with Crippen LogP contribution in [0.5, 0.6) is 17.2 Å². The number of hydrogen-bond donors (Lipinski definition) is 3. The number of carbonyl (C=O) groups excluding carboxylic acids is 1. The average Bonchev–Trinajstić information content (AvgIpc) is 3.01. The van der Waals surface area contributed by atoms with Crippen molar-refractivity contribution in [1.82, 2.24) is 4.98 Å². The van der Waals surface area contributed by atoms with Crippen LogP contribution in [0.3, 0.4) is 0 Å². The number of ether oxygens (including phenoxy) is 1. The average molecular weight is 307 g/mol. The van der Waals surface area contributed by atoms with E-state index in [0.29, 0.717) is 0 Å². The molecule has 0 unspecified atom stereocenters. The lowest BCUT2D eigenvalue weighted by Gasteiger charge is -2.00. The van der Waals surface area contributed by atoms with Crippen molar-refractivity contribution < 1.29 is 19.7 Å². The molecule has 0 amide bonds. The fourth-order valence-corrected chi connectivity index (χ4v) is 2.80. The SMILES string of the molecule is Cc1ccc2[nH]cc(C=C3Oc4cc(O)cc(O)c4C3=O)c2c1. The van der Waals surface area contributed by atoms with Gasteiger partial charge in [0.1, 0.15) is 22.8 Å². The topological polar surface area (TPSA) is 82.6 Å². The molecule has 1 aliphatic rings. The van der Waals surface area contributed by atoms with Gasteiger partial charge in [0.05, 0.1) is 0 Å². The third kappa shape index (κ3) is 2.05. The lowest BCUT2D eigenvalue weighted by atomic mass is 10.1. The Labute approximate surface area is 131 Å². The van der Waals surface area contributed by atoms with Gasteiger partial charge in [0, 0.05) is 34.8 Å². The van der Waals surface area contributed by atoms with Gasteiger partial charge in [0.15, 0.2) is 5.76 Å². The first-order valence-electron chi connectivity index (χ1n) is 7.11. The van der Waals surface area contributed by atoms with Crippen LogP contribution in [0.2, 0.25) is 0 Å². The van der Waals surface area contributed by atoms with E-state index in [-0.39, 0.29) is 28.6 Å². The van der Waals surface area contributed by atoms with Crippen LogP contribution in [-0.4, -0.2) is 21.0 Å². The Kier molecular flexibility index (Phi) is 2.72. The third-order valence-corrected chi connectivity index (χ3v) is 3.89. The number of H-pyrrole nitrogens is 1. The summed E-state index contributed by atoms with van der Waals surface area (Å²) in [6, 6.07) is 8.44. The molecule has 0 saturated carbocycles. The Balaban J connectivity index is 1.82. The predicted octanol–water partition coefficient (Wildman–Crippen LogP) is 3.50. The number of carbonyl (C=O) groups is 1. The standard InChI is InChI=1S/C18H13NO4/c1-9-2-3-13-12(4-9)10(8-19-13)5-16-18(22)17-14(21)6-11(20)7-15(17)23-16/h2-8,19-21H,1H3. The van der Waals surface area contributed by atoms with Gasteiger partial charge in [0.2, 0.25) is 5.78 Å². The van der Waals surface area contributed by atoms with Gasteiger partial charge < -0.3 is 19.9 Å². The van der Waals surface area contributed by atoms with Crippen LogP contribution in [0.4, 0.5) is 0 Å². The zero-order valence-electron chi connectivity index (χ0n) is 12.3. The van der Waals surface area contributed by atoms with Crippen molar-refractivity contribution in [3.05, 3.63) is 59.0 Å². The summed E-state index contributed by atoms with van der Waals surface area (Å²) >= 11 is 0. The van der Waals surface area contributed by atoms with Crippen LogP contribution in [0.15, 0.2) is 42.3 Å². The largest absolute Gasteiger partial charge is 0.508 e. The quantitative estimate of drug-likeness (QED) is 0.601. The van der Waals surface area contributed by atoms with Crippen LogP contribution in [-0.2, 0) is 0 Å². The molecular formula is C18H13NO4. The zero-order valence-corrected chi connectivity index (χ0v) is 12.3. The lowest BCUT2D eigenvalue weighted by molar-refractivity contribution is 0.101. The molecule has 0 spiro atoms. The first-order chi connectivity index (χ1) is 11.0. The first kappa shape index (κ1) is 13.5. The molecule has 3 N–H and O–H groups in total. The number of Topliss-reactive ketones (excluding diaryl/α,β-unsaturated/α-hetero) is 1. The molecule has 1 aromatic heterocycles. The van der Waals surface area contributed by atoms with Crippen molar-refractivity contribution in [3.8, 4) is 17.2 Å². The Bertz CT molecular complexity index is 998. The zero-order chi connectivity index (χ0) is 16.1. The van der Waals surface area contributed by atoms with E-state index in [1.165, 1.54) is 6.07 Å². The Morgan fingerprint density at radius 1 is 1.17 bits per heavy atom. The van der Waals surface area contributed by atoms with E-state index in [2.05, 4.69) is 4.98 Å². The van der Waals surface area contributed by atoms with Crippen LogP contribution in [0.1, 0.15) is 21.5 Å². The maximum atomic E-state index is 12.4. The molecular weight excluding hydrogens is 294 g/mol. The van der Waals surface area contributed by atoms with Crippen molar-refractivity contribution in [2.24, 2.45) is 0 Å². The van der Waals surface area contributed by atoms with Crippen LogP contribution in [0.25, 0.3) is 17.0 Å². The van der Waals surface area contributed by atoms with Gasteiger partial charge in [0.25, 0.3) is 0 Å². The van der Waals surface area contributed by atoms with E-state index in [1.54, 1.807) is 12.3 Å². The number of nitrogens with one attached hydrogen (secondary N) is 1. The van der Waals surface area contributed by atoms with E-state index in [4.69, 9.17) is 4.74 Å². The highest BCUT2D eigenvalue weighted by molar-refractivity contribution is 6.16. The summed E-state index contributed by atoms with van der Waals surface area (Å²) in [5.41, 5.74) is 2.97. The maximum absolute atomic E-state index is 12.4. The van der Waals surface area contributed by atoms with Crippen molar-refractivity contribution >= 4 is 22.8 Å². The van der Waals surface area contributed by atoms with Gasteiger partial charge in [-0.3, -0.25) is 4.79 Å². The Morgan fingerprint density at radius 3 is 2.83 bits per heavy atom. The first-order valence-corrected chi connectivity index (χ1v) is 7.11. The monoisotopic (exact) mass is 307 g/mol. The molecule has 0 atom stereocenters. The number of benzene rings is 2. The number of allylic oxidation sites excluding steroid dienone is 1. The highest BCUT2D eigenvalue weighted by atomic mass is 16.5. The molecule has 3 aromatic rings. The molecule has 5 nitrogen and oxygen atoms in total. The Morgan fingerprint density at radius 2 is 2.00 bits per heavy atom. The van der Waals surface area contributed by atoms with Gasteiger partial charge in [-0.05, 0) is 25.1 Å². The minimum absolute atomic E-state index is 0.0741. The van der Waals surface area contributed by atoms with E-state index in [1.807, 2.05) is 25.1 Å². The summed E-state index contributed by atoms with van der Waals surface area (Å²) in [5, 5.41) is 20.3. The second-order valence-corrected chi connectivity index (χ2v) is 5.57. The van der Waals surface area contributed by atoms with E-state index < -0.39 is 5.78 Å². The molecule has 2 aromatic carbocycles. The van der Waals surface area contributed by atoms with Crippen LogP contribution < -0.4 is 4.74 Å². The van der Waals surface area contributed by atoms with E-state index in [9.17, 15) is 15.0 Å². The smallest absolute Gasteiger partial charge is 0.235 e. The second kappa shape index (κ2) is 4.64. The van der Waals surface area contributed by atoms with Gasteiger partial charge in [-0.1, -0.05) is 11.6 Å². The lowest BCUT2D eigenvalue weighted by Crippen LogP contribution is -1.98. The summed E-state index contributed by atoms with van der Waals surface area (Å²) in [7, 11) is 0. The highest BCUT2D eigenvalue weighted by Gasteiger charge is 2.31. The number of aromatic nitrogens is 1. The highest BCUT2D eigenvalue weighted by Crippen LogP contribution is 2.40. The number of phenols is 2. The van der Waals surface area contributed by atoms with E-state index in [0.717, 1.165) is 28.1 Å². The summed E-state index contributed by atoms with van der Waals surface area (Å²) < 4.78 is 5.51. The number of rotatable bonds is 1. The maximum Gasteiger partial charge on any atom is 0.235 e. The van der Waals surface area contributed by atoms with Gasteiger partial charge in [-0.2, -0.15) is 0 Å². The van der Waals surface area contributed by atoms with Crippen LogP contribution in [0, 0.1) is 6.92 Å². The fourth-order valence-electron chi connectivity index (χ4n) is 2.80. The second-order valence-electron chi connectivity index (χ2n) is 5.57. The van der Waals surface area contributed by atoms with E-state index >= 15 is 0 Å². The van der Waals surface area contributed by atoms with Crippen LogP contribution >= 0.6 is 0 Å². The molecule has 2 heterocycles. The molecule has 0 fully saturated rings. The number of fused-ring (bicyclic) bond motifs is 2. The summed E-state index contributed by atoms with van der Waals surface area (Å²) in [6.07, 6.45) is 3.44. The molecule has 0 saturated heterocycles. The molecule has 5 heteroatoms. The molecule has 0 bridgehead atoms. The van der Waals surface area contributed by atoms with Crippen molar-refractivity contribution in [1.29, 1.82) is 0 Å². The molecule has 114 valence electrons. The Hall–Kier alpha value is -3.21. The summed E-state index contributed by atoms with van der Waals surface area (Å²) in [6.45, 7) is 2.00. The predicted molar refractivity (Wildman–Crippen MR) is 85.7 cm³/mol. The number of aromatic hydroxyl groups is 2. The van der Waals surface area contributed by atoms with Crippen molar-refractivity contribution in [3.63, 3.8) is 0 Å². The number of aryl methyl sites for hydroxylation is 1.